The molecule has 0 aromatic heterocycles. The second kappa shape index (κ2) is 13.5. The van der Waals surface area contributed by atoms with Crippen LogP contribution < -0.4 is 0 Å². The first-order chi connectivity index (χ1) is 11.3. The maximum atomic E-state index is 9.49. The van der Waals surface area contributed by atoms with Crippen LogP contribution in [0.25, 0.3) is 0 Å². The van der Waals surface area contributed by atoms with Gasteiger partial charge in [0.05, 0.1) is 0 Å². The molecule has 0 aliphatic rings. The molecule has 1 atom stereocenters. The lowest BCUT2D eigenvalue weighted by Crippen LogP contribution is -1.99. The van der Waals surface area contributed by atoms with Gasteiger partial charge in [0.1, 0.15) is 5.75 Å². The van der Waals surface area contributed by atoms with Crippen LogP contribution >= 0.6 is 0 Å². The maximum absolute atomic E-state index is 9.49. The van der Waals surface area contributed by atoms with Crippen LogP contribution in [0.3, 0.4) is 0 Å². The summed E-state index contributed by atoms with van der Waals surface area (Å²) in [6.45, 7) is 4.55. The fourth-order valence-electron chi connectivity index (χ4n) is 3.39. The summed E-state index contributed by atoms with van der Waals surface area (Å²) in [6, 6.07) is 7.93. The minimum absolute atomic E-state index is 0.383. The van der Waals surface area contributed by atoms with E-state index >= 15 is 0 Å². The van der Waals surface area contributed by atoms with Crippen LogP contribution in [0.2, 0.25) is 0 Å². The summed E-state index contributed by atoms with van der Waals surface area (Å²) in [5.41, 5.74) is 1.42. The Morgan fingerprint density at radius 2 is 1.09 bits per heavy atom. The molecule has 0 saturated carbocycles. The average molecular weight is 319 g/mol. The standard InChI is InChI=1S/C22H38O/c1-3-5-7-8-9-10-11-13-15-20(14-12-6-4-2)21-16-18-22(23)19-17-21/h16-20,23H,3-15H2,1-2H3. The highest BCUT2D eigenvalue weighted by molar-refractivity contribution is 5.28. The molecule has 1 rings (SSSR count). The van der Waals surface area contributed by atoms with E-state index < -0.39 is 0 Å². The van der Waals surface area contributed by atoms with E-state index in [0.29, 0.717) is 11.7 Å². The SMILES string of the molecule is CCCCCCCCCCC(CCCCC)c1ccc(O)cc1. The van der Waals surface area contributed by atoms with E-state index in [9.17, 15) is 5.11 Å². The second-order valence-corrected chi connectivity index (χ2v) is 7.05. The van der Waals surface area contributed by atoms with Gasteiger partial charge in [-0.3, -0.25) is 0 Å². The molecule has 132 valence electrons. The van der Waals surface area contributed by atoms with Crippen LogP contribution in [0.5, 0.6) is 5.75 Å². The van der Waals surface area contributed by atoms with Gasteiger partial charge in [-0.2, -0.15) is 0 Å². The predicted molar refractivity (Wildman–Crippen MR) is 102 cm³/mol. The molecule has 0 aliphatic heterocycles. The van der Waals surface area contributed by atoms with Crippen molar-refractivity contribution in [3.63, 3.8) is 0 Å². The van der Waals surface area contributed by atoms with Crippen molar-refractivity contribution < 1.29 is 5.11 Å². The largest absolute Gasteiger partial charge is 0.508 e. The summed E-state index contributed by atoms with van der Waals surface area (Å²) in [7, 11) is 0. The van der Waals surface area contributed by atoms with Crippen molar-refractivity contribution >= 4 is 0 Å². The normalized spacial score (nSPS) is 12.4. The zero-order valence-electron chi connectivity index (χ0n) is 15.5. The van der Waals surface area contributed by atoms with Crippen LogP contribution in [-0.2, 0) is 0 Å². The van der Waals surface area contributed by atoms with Crippen molar-refractivity contribution in [2.45, 2.75) is 103 Å². The molecule has 0 aliphatic carbocycles. The van der Waals surface area contributed by atoms with Gasteiger partial charge in [0.2, 0.25) is 0 Å². The number of rotatable bonds is 14. The molecule has 0 spiro atoms. The van der Waals surface area contributed by atoms with E-state index in [1.54, 1.807) is 0 Å². The molecular formula is C22H38O. The van der Waals surface area contributed by atoms with Crippen molar-refractivity contribution in [1.82, 2.24) is 0 Å². The van der Waals surface area contributed by atoms with Crippen molar-refractivity contribution in [1.29, 1.82) is 0 Å². The molecule has 1 nitrogen and oxygen atoms in total. The third kappa shape index (κ3) is 9.69. The molecule has 1 N–H and O–H groups in total. The van der Waals surface area contributed by atoms with E-state index in [1.165, 1.54) is 89.0 Å². The first-order valence-electron chi connectivity index (χ1n) is 10.1. The van der Waals surface area contributed by atoms with E-state index in [1.807, 2.05) is 12.1 Å². The Balaban J connectivity index is 2.28. The highest BCUT2D eigenvalue weighted by atomic mass is 16.3. The molecule has 23 heavy (non-hydrogen) atoms. The zero-order valence-corrected chi connectivity index (χ0v) is 15.5. The molecule has 0 amide bonds. The van der Waals surface area contributed by atoms with E-state index in [4.69, 9.17) is 0 Å². The summed E-state index contributed by atoms with van der Waals surface area (Å²) >= 11 is 0. The number of phenolic OH excluding ortho intramolecular Hbond substituents is 1. The van der Waals surface area contributed by atoms with Crippen molar-refractivity contribution in [3.05, 3.63) is 29.8 Å². The predicted octanol–water partition coefficient (Wildman–Crippen LogP) is 7.59. The van der Waals surface area contributed by atoms with Crippen LogP contribution in [0.1, 0.15) is 109 Å². The molecular weight excluding hydrogens is 280 g/mol. The summed E-state index contributed by atoms with van der Waals surface area (Å²) in [5, 5.41) is 9.49. The monoisotopic (exact) mass is 318 g/mol. The number of hydrogen-bond acceptors (Lipinski definition) is 1. The Kier molecular flexibility index (Phi) is 11.7. The summed E-state index contributed by atoms with van der Waals surface area (Å²) in [5.74, 6) is 1.07. The highest BCUT2D eigenvalue weighted by Crippen LogP contribution is 2.29. The molecule has 0 heterocycles. The zero-order chi connectivity index (χ0) is 16.8. The van der Waals surface area contributed by atoms with Gasteiger partial charge >= 0.3 is 0 Å². The molecule has 1 aromatic rings. The molecule has 1 aromatic carbocycles. The number of benzene rings is 1. The lowest BCUT2D eigenvalue weighted by molar-refractivity contribution is 0.472. The van der Waals surface area contributed by atoms with Crippen molar-refractivity contribution in [3.8, 4) is 5.75 Å². The molecule has 0 radical (unpaired) electrons. The van der Waals surface area contributed by atoms with Crippen molar-refractivity contribution in [2.24, 2.45) is 0 Å². The molecule has 0 fully saturated rings. The van der Waals surface area contributed by atoms with Crippen molar-refractivity contribution in [2.75, 3.05) is 0 Å². The topological polar surface area (TPSA) is 20.2 Å². The maximum Gasteiger partial charge on any atom is 0.115 e. The lowest BCUT2D eigenvalue weighted by Gasteiger charge is -2.17. The van der Waals surface area contributed by atoms with E-state index in [0.717, 1.165) is 0 Å². The van der Waals surface area contributed by atoms with Gasteiger partial charge < -0.3 is 5.11 Å². The molecule has 0 saturated heterocycles. The van der Waals surface area contributed by atoms with E-state index in [2.05, 4.69) is 26.0 Å². The number of hydrogen-bond donors (Lipinski definition) is 1. The lowest BCUT2D eigenvalue weighted by atomic mass is 9.88. The Labute approximate surface area is 144 Å². The Bertz CT molecular complexity index is 368. The van der Waals surface area contributed by atoms with Gasteiger partial charge in [-0.05, 0) is 36.5 Å². The third-order valence-electron chi connectivity index (χ3n) is 4.93. The number of phenols is 1. The van der Waals surface area contributed by atoms with E-state index in [-0.39, 0.29) is 0 Å². The minimum atomic E-state index is 0.383. The summed E-state index contributed by atoms with van der Waals surface area (Å²) in [4.78, 5) is 0. The molecule has 1 unspecified atom stereocenters. The van der Waals surface area contributed by atoms with Crippen LogP contribution in [0, 0.1) is 0 Å². The Hall–Kier alpha value is -0.980. The quantitative estimate of drug-likeness (QED) is 0.350. The number of aromatic hydroxyl groups is 1. The van der Waals surface area contributed by atoms with Crippen LogP contribution in [0.4, 0.5) is 0 Å². The molecule has 1 heteroatoms. The first kappa shape index (κ1) is 20.1. The summed E-state index contributed by atoms with van der Waals surface area (Å²) in [6.07, 6.45) is 17.7. The van der Waals surface area contributed by atoms with Gasteiger partial charge in [-0.15, -0.1) is 0 Å². The smallest absolute Gasteiger partial charge is 0.115 e. The average Bonchev–Trinajstić information content (AvgIpc) is 2.56. The molecule has 0 bridgehead atoms. The fraction of sp³-hybridized carbons (Fsp3) is 0.727. The fourth-order valence-corrected chi connectivity index (χ4v) is 3.39. The number of unbranched alkanes of at least 4 members (excludes halogenated alkanes) is 9. The van der Waals surface area contributed by atoms with Gasteiger partial charge in [0, 0.05) is 0 Å². The minimum Gasteiger partial charge on any atom is -0.508 e. The van der Waals surface area contributed by atoms with Gasteiger partial charge in [-0.25, -0.2) is 0 Å². The Morgan fingerprint density at radius 1 is 0.652 bits per heavy atom. The summed E-state index contributed by atoms with van der Waals surface area (Å²) < 4.78 is 0. The second-order valence-electron chi connectivity index (χ2n) is 7.05. The highest BCUT2D eigenvalue weighted by Gasteiger charge is 2.11. The van der Waals surface area contributed by atoms with Crippen LogP contribution in [0.15, 0.2) is 24.3 Å². The van der Waals surface area contributed by atoms with Gasteiger partial charge in [-0.1, -0.05) is 96.6 Å². The Morgan fingerprint density at radius 3 is 1.65 bits per heavy atom. The first-order valence-corrected chi connectivity index (χ1v) is 10.1. The van der Waals surface area contributed by atoms with Crippen LogP contribution in [-0.4, -0.2) is 5.11 Å². The third-order valence-corrected chi connectivity index (χ3v) is 4.93. The van der Waals surface area contributed by atoms with Gasteiger partial charge in [0.25, 0.3) is 0 Å². The van der Waals surface area contributed by atoms with Gasteiger partial charge in [0.15, 0.2) is 0 Å².